The lowest BCUT2D eigenvalue weighted by Gasteiger charge is -1.98. The van der Waals surface area contributed by atoms with Gasteiger partial charge < -0.3 is 5.73 Å². The number of nitrogens with zero attached hydrogens (tertiary/aromatic N) is 2. The average molecular weight is 137 g/mol. The highest BCUT2D eigenvalue weighted by molar-refractivity contribution is 5.36. The lowest BCUT2D eigenvalue weighted by atomic mass is 10.2. The van der Waals surface area contributed by atoms with Gasteiger partial charge in [-0.1, -0.05) is 6.92 Å². The highest BCUT2D eigenvalue weighted by Gasteiger charge is 1.96. The van der Waals surface area contributed by atoms with E-state index in [1.54, 1.807) is 0 Å². The minimum atomic E-state index is 0.525. The van der Waals surface area contributed by atoms with Gasteiger partial charge in [-0.05, 0) is 25.0 Å². The molecule has 1 aromatic heterocycles. The third-order valence-corrected chi connectivity index (χ3v) is 1.44. The first kappa shape index (κ1) is 6.99. The Balaban J connectivity index is 3.04. The van der Waals surface area contributed by atoms with Crippen molar-refractivity contribution in [2.24, 2.45) is 0 Å². The number of nitrogens with two attached hydrogens (primary N) is 1. The highest BCUT2D eigenvalue weighted by atomic mass is 15.1. The second-order valence-corrected chi connectivity index (χ2v) is 2.26. The van der Waals surface area contributed by atoms with Crippen LogP contribution in [0.2, 0.25) is 0 Å². The summed E-state index contributed by atoms with van der Waals surface area (Å²) in [7, 11) is 0. The average Bonchev–Trinajstić information content (AvgIpc) is 1.95. The van der Waals surface area contributed by atoms with Gasteiger partial charge in [0.2, 0.25) is 0 Å². The van der Waals surface area contributed by atoms with Crippen LogP contribution < -0.4 is 5.73 Å². The molecule has 0 fully saturated rings. The Morgan fingerprint density at radius 3 is 2.70 bits per heavy atom. The molecule has 1 rings (SSSR count). The SMILES string of the molecule is CCc1cc(C)c(N)nn1. The summed E-state index contributed by atoms with van der Waals surface area (Å²) >= 11 is 0. The summed E-state index contributed by atoms with van der Waals surface area (Å²) in [6.07, 6.45) is 0.911. The molecule has 0 aliphatic rings. The molecular weight excluding hydrogens is 126 g/mol. The van der Waals surface area contributed by atoms with Gasteiger partial charge >= 0.3 is 0 Å². The van der Waals surface area contributed by atoms with Gasteiger partial charge in [-0.15, -0.1) is 5.10 Å². The molecule has 0 atom stereocenters. The molecule has 0 saturated carbocycles. The summed E-state index contributed by atoms with van der Waals surface area (Å²) in [5.41, 5.74) is 7.47. The first-order valence-corrected chi connectivity index (χ1v) is 3.32. The molecule has 0 amide bonds. The molecule has 2 N–H and O–H groups in total. The van der Waals surface area contributed by atoms with Crippen molar-refractivity contribution in [1.29, 1.82) is 0 Å². The van der Waals surface area contributed by atoms with Crippen molar-refractivity contribution in [3.63, 3.8) is 0 Å². The minimum absolute atomic E-state index is 0.525. The van der Waals surface area contributed by atoms with E-state index in [9.17, 15) is 0 Å². The Morgan fingerprint density at radius 1 is 1.50 bits per heavy atom. The Kier molecular flexibility index (Phi) is 1.85. The molecule has 0 aliphatic carbocycles. The lowest BCUT2D eigenvalue weighted by Crippen LogP contribution is -1.99. The van der Waals surface area contributed by atoms with Crippen molar-refractivity contribution >= 4 is 5.82 Å². The lowest BCUT2D eigenvalue weighted by molar-refractivity contribution is 0.917. The predicted octanol–water partition coefficient (Wildman–Crippen LogP) is 0.930. The molecule has 0 radical (unpaired) electrons. The fourth-order valence-electron chi connectivity index (χ4n) is 0.722. The largest absolute Gasteiger partial charge is 0.382 e. The second kappa shape index (κ2) is 2.64. The van der Waals surface area contributed by atoms with E-state index in [-0.39, 0.29) is 0 Å². The van der Waals surface area contributed by atoms with Crippen LogP contribution in [0, 0.1) is 6.92 Å². The van der Waals surface area contributed by atoms with E-state index in [1.807, 2.05) is 19.9 Å². The van der Waals surface area contributed by atoms with E-state index >= 15 is 0 Å². The molecule has 0 aliphatic heterocycles. The Hall–Kier alpha value is -1.12. The number of hydrogen-bond acceptors (Lipinski definition) is 3. The predicted molar refractivity (Wildman–Crippen MR) is 40.6 cm³/mol. The topological polar surface area (TPSA) is 51.8 Å². The van der Waals surface area contributed by atoms with Crippen molar-refractivity contribution in [1.82, 2.24) is 10.2 Å². The van der Waals surface area contributed by atoms with Gasteiger partial charge in [0.1, 0.15) is 5.82 Å². The molecule has 0 aromatic carbocycles. The molecule has 54 valence electrons. The third-order valence-electron chi connectivity index (χ3n) is 1.44. The van der Waals surface area contributed by atoms with Crippen molar-refractivity contribution in [2.45, 2.75) is 20.3 Å². The normalized spacial score (nSPS) is 9.80. The number of anilines is 1. The Bertz CT molecular complexity index is 232. The zero-order chi connectivity index (χ0) is 7.56. The van der Waals surface area contributed by atoms with Gasteiger partial charge in [0.15, 0.2) is 0 Å². The second-order valence-electron chi connectivity index (χ2n) is 2.26. The molecule has 10 heavy (non-hydrogen) atoms. The maximum atomic E-state index is 5.47. The van der Waals surface area contributed by atoms with Crippen LogP contribution in [-0.4, -0.2) is 10.2 Å². The van der Waals surface area contributed by atoms with Crippen molar-refractivity contribution in [3.05, 3.63) is 17.3 Å². The molecule has 1 aromatic rings. The van der Waals surface area contributed by atoms with Crippen LogP contribution in [0.1, 0.15) is 18.2 Å². The van der Waals surface area contributed by atoms with E-state index in [0.717, 1.165) is 17.7 Å². The van der Waals surface area contributed by atoms with Gasteiger partial charge in [-0.3, -0.25) is 0 Å². The van der Waals surface area contributed by atoms with E-state index in [4.69, 9.17) is 5.73 Å². The van der Waals surface area contributed by atoms with Crippen LogP contribution >= 0.6 is 0 Å². The van der Waals surface area contributed by atoms with Crippen LogP contribution in [0.25, 0.3) is 0 Å². The van der Waals surface area contributed by atoms with Crippen molar-refractivity contribution < 1.29 is 0 Å². The van der Waals surface area contributed by atoms with Crippen LogP contribution in [0.4, 0.5) is 5.82 Å². The van der Waals surface area contributed by atoms with Crippen LogP contribution in [0.5, 0.6) is 0 Å². The van der Waals surface area contributed by atoms with E-state index < -0.39 is 0 Å². The summed E-state index contributed by atoms with van der Waals surface area (Å²) in [5.74, 6) is 0.525. The maximum Gasteiger partial charge on any atom is 0.149 e. The molecule has 0 saturated heterocycles. The Morgan fingerprint density at radius 2 is 2.20 bits per heavy atom. The van der Waals surface area contributed by atoms with Crippen molar-refractivity contribution in [3.8, 4) is 0 Å². The first-order chi connectivity index (χ1) is 4.74. The fourth-order valence-corrected chi connectivity index (χ4v) is 0.722. The molecule has 3 nitrogen and oxygen atoms in total. The number of nitrogen functional groups attached to an aromatic ring is 1. The smallest absolute Gasteiger partial charge is 0.149 e. The zero-order valence-electron chi connectivity index (χ0n) is 6.26. The van der Waals surface area contributed by atoms with E-state index in [1.165, 1.54) is 0 Å². The summed E-state index contributed by atoms with van der Waals surface area (Å²) in [4.78, 5) is 0. The summed E-state index contributed by atoms with van der Waals surface area (Å²) in [5, 5.41) is 7.66. The molecular formula is C7H11N3. The van der Waals surface area contributed by atoms with Crippen LogP contribution in [0.15, 0.2) is 6.07 Å². The molecule has 0 spiro atoms. The van der Waals surface area contributed by atoms with Crippen LogP contribution in [0.3, 0.4) is 0 Å². The van der Waals surface area contributed by atoms with Gasteiger partial charge in [0, 0.05) is 0 Å². The summed E-state index contributed by atoms with van der Waals surface area (Å²) in [6.45, 7) is 3.98. The van der Waals surface area contributed by atoms with Gasteiger partial charge in [-0.2, -0.15) is 5.10 Å². The van der Waals surface area contributed by atoms with Gasteiger partial charge in [-0.25, -0.2) is 0 Å². The zero-order valence-corrected chi connectivity index (χ0v) is 6.26. The Labute approximate surface area is 60.3 Å². The monoisotopic (exact) mass is 137 g/mol. The number of aryl methyl sites for hydroxylation is 2. The fraction of sp³-hybridized carbons (Fsp3) is 0.429. The number of hydrogen-bond donors (Lipinski definition) is 1. The quantitative estimate of drug-likeness (QED) is 0.626. The highest BCUT2D eigenvalue weighted by Crippen LogP contribution is 2.05. The van der Waals surface area contributed by atoms with Crippen LogP contribution in [-0.2, 0) is 6.42 Å². The van der Waals surface area contributed by atoms with Gasteiger partial charge in [0.25, 0.3) is 0 Å². The first-order valence-electron chi connectivity index (χ1n) is 3.32. The summed E-state index contributed by atoms with van der Waals surface area (Å²) in [6, 6.07) is 1.96. The number of rotatable bonds is 1. The minimum Gasteiger partial charge on any atom is -0.382 e. The third kappa shape index (κ3) is 1.23. The summed E-state index contributed by atoms with van der Waals surface area (Å²) < 4.78 is 0. The van der Waals surface area contributed by atoms with Crippen molar-refractivity contribution in [2.75, 3.05) is 5.73 Å². The molecule has 1 heterocycles. The molecule has 0 unspecified atom stereocenters. The molecule has 0 bridgehead atoms. The maximum absolute atomic E-state index is 5.47. The molecule has 3 heteroatoms. The van der Waals surface area contributed by atoms with Gasteiger partial charge in [0.05, 0.1) is 5.69 Å². The van der Waals surface area contributed by atoms with E-state index in [2.05, 4.69) is 10.2 Å². The standard InChI is InChI=1S/C7H11N3/c1-3-6-4-5(2)7(8)10-9-6/h4H,3H2,1-2H3,(H2,8,10). The number of aromatic nitrogens is 2. The van der Waals surface area contributed by atoms with E-state index in [0.29, 0.717) is 5.82 Å².